The summed E-state index contributed by atoms with van der Waals surface area (Å²) in [6, 6.07) is -0.191. The second-order valence-corrected chi connectivity index (χ2v) is 8.16. The van der Waals surface area contributed by atoms with Gasteiger partial charge in [0.2, 0.25) is 15.9 Å². The Kier molecular flexibility index (Phi) is 7.98. The predicted molar refractivity (Wildman–Crippen MR) is 87.5 cm³/mol. The summed E-state index contributed by atoms with van der Waals surface area (Å²) in [7, 11) is -3.22. The number of carboxylic acids is 1. The molecule has 1 rings (SSSR count). The Morgan fingerprint density at radius 2 is 1.78 bits per heavy atom. The van der Waals surface area contributed by atoms with Crippen molar-refractivity contribution < 1.29 is 23.1 Å². The number of carbonyl (C=O) groups excluding carboxylic acids is 1. The summed E-state index contributed by atoms with van der Waals surface area (Å²) in [5, 5.41) is 9.05. The van der Waals surface area contributed by atoms with Gasteiger partial charge in [-0.3, -0.25) is 9.59 Å². The van der Waals surface area contributed by atoms with Crippen molar-refractivity contribution in [3.05, 3.63) is 0 Å². The molecule has 1 aliphatic rings. The van der Waals surface area contributed by atoms with Crippen molar-refractivity contribution in [2.45, 2.75) is 58.4 Å². The first-order chi connectivity index (χ1) is 10.8. The first-order valence-corrected chi connectivity index (χ1v) is 9.91. The van der Waals surface area contributed by atoms with Gasteiger partial charge in [0.05, 0.1) is 5.75 Å². The molecule has 134 valence electrons. The zero-order chi connectivity index (χ0) is 17.5. The van der Waals surface area contributed by atoms with E-state index in [1.807, 2.05) is 6.92 Å². The maximum atomic E-state index is 12.3. The zero-order valence-electron chi connectivity index (χ0n) is 14.0. The van der Waals surface area contributed by atoms with Gasteiger partial charge in [0, 0.05) is 25.6 Å². The monoisotopic (exact) mass is 348 g/mol. The lowest BCUT2D eigenvalue weighted by Crippen LogP contribution is -2.50. The molecule has 0 atom stereocenters. The van der Waals surface area contributed by atoms with Crippen LogP contribution in [0, 0.1) is 0 Å². The number of amides is 1. The minimum absolute atomic E-state index is 0.0620. The topological polar surface area (TPSA) is 95.0 Å². The van der Waals surface area contributed by atoms with Crippen molar-refractivity contribution in [1.82, 2.24) is 9.21 Å². The van der Waals surface area contributed by atoms with Crippen molar-refractivity contribution in [2.24, 2.45) is 0 Å². The molecule has 1 saturated heterocycles. The Balaban J connectivity index is 2.67. The van der Waals surface area contributed by atoms with Crippen molar-refractivity contribution in [1.29, 1.82) is 0 Å². The molecule has 0 spiro atoms. The second-order valence-electron chi connectivity index (χ2n) is 5.90. The van der Waals surface area contributed by atoms with E-state index >= 15 is 0 Å². The average molecular weight is 348 g/mol. The summed E-state index contributed by atoms with van der Waals surface area (Å²) in [6.45, 7) is 4.04. The van der Waals surface area contributed by atoms with Crippen LogP contribution in [-0.2, 0) is 19.6 Å². The van der Waals surface area contributed by atoms with Gasteiger partial charge in [0.1, 0.15) is 6.54 Å². The van der Waals surface area contributed by atoms with Gasteiger partial charge in [0.25, 0.3) is 0 Å². The minimum Gasteiger partial charge on any atom is -0.480 e. The van der Waals surface area contributed by atoms with Crippen LogP contribution in [0.5, 0.6) is 0 Å². The quantitative estimate of drug-likeness (QED) is 0.634. The number of sulfonamides is 1. The summed E-state index contributed by atoms with van der Waals surface area (Å²) >= 11 is 0. The average Bonchev–Trinajstić information content (AvgIpc) is 2.52. The van der Waals surface area contributed by atoms with E-state index in [1.54, 1.807) is 6.92 Å². The highest BCUT2D eigenvalue weighted by molar-refractivity contribution is 7.89. The maximum absolute atomic E-state index is 12.3. The molecule has 8 heteroatoms. The molecule has 0 aromatic heterocycles. The number of carbonyl (C=O) groups is 2. The van der Waals surface area contributed by atoms with Gasteiger partial charge in [-0.05, 0) is 26.2 Å². The van der Waals surface area contributed by atoms with E-state index in [4.69, 9.17) is 5.11 Å². The normalized spacial score (nSPS) is 17.1. The van der Waals surface area contributed by atoms with Crippen LogP contribution in [-0.4, -0.2) is 66.0 Å². The molecular weight excluding hydrogens is 320 g/mol. The van der Waals surface area contributed by atoms with Gasteiger partial charge in [-0.2, -0.15) is 0 Å². The van der Waals surface area contributed by atoms with E-state index in [1.165, 1.54) is 9.21 Å². The fourth-order valence-corrected chi connectivity index (χ4v) is 3.98. The lowest BCUT2D eigenvalue weighted by atomic mass is 10.0. The molecule has 0 aliphatic carbocycles. The smallest absolute Gasteiger partial charge is 0.323 e. The van der Waals surface area contributed by atoms with Crippen LogP contribution in [0.2, 0.25) is 0 Å². The van der Waals surface area contributed by atoms with Gasteiger partial charge < -0.3 is 10.0 Å². The minimum atomic E-state index is -3.22. The third kappa shape index (κ3) is 6.10. The first kappa shape index (κ1) is 19.9. The molecule has 1 aliphatic heterocycles. The van der Waals surface area contributed by atoms with E-state index in [2.05, 4.69) is 0 Å². The van der Waals surface area contributed by atoms with Crippen molar-refractivity contribution in [3.8, 4) is 0 Å². The first-order valence-electron chi connectivity index (χ1n) is 8.30. The third-order valence-electron chi connectivity index (χ3n) is 4.24. The summed E-state index contributed by atoms with van der Waals surface area (Å²) in [5.41, 5.74) is 0. The highest BCUT2D eigenvalue weighted by Crippen LogP contribution is 2.20. The summed E-state index contributed by atoms with van der Waals surface area (Å²) < 4.78 is 25.2. The number of unbranched alkanes of at least 4 members (excludes halogenated alkanes) is 2. The van der Waals surface area contributed by atoms with E-state index in [9.17, 15) is 18.0 Å². The van der Waals surface area contributed by atoms with E-state index in [-0.39, 0.29) is 24.2 Å². The molecule has 0 bridgehead atoms. The molecule has 0 aromatic carbocycles. The Morgan fingerprint density at radius 3 is 2.26 bits per heavy atom. The highest BCUT2D eigenvalue weighted by atomic mass is 32.2. The fraction of sp³-hybridized carbons (Fsp3) is 0.867. The van der Waals surface area contributed by atoms with Gasteiger partial charge in [-0.25, -0.2) is 12.7 Å². The van der Waals surface area contributed by atoms with E-state index in [0.717, 1.165) is 19.3 Å². The van der Waals surface area contributed by atoms with Gasteiger partial charge >= 0.3 is 5.97 Å². The number of piperidine rings is 1. The Hall–Kier alpha value is -1.15. The van der Waals surface area contributed by atoms with Gasteiger partial charge in [-0.1, -0.05) is 19.8 Å². The highest BCUT2D eigenvalue weighted by Gasteiger charge is 2.32. The molecule has 1 N–H and O–H groups in total. The molecule has 0 radical (unpaired) electrons. The largest absolute Gasteiger partial charge is 0.480 e. The van der Waals surface area contributed by atoms with Crippen molar-refractivity contribution >= 4 is 21.9 Å². The van der Waals surface area contributed by atoms with E-state index in [0.29, 0.717) is 32.4 Å². The molecule has 0 aromatic rings. The molecule has 7 nitrogen and oxygen atoms in total. The van der Waals surface area contributed by atoms with Crippen LogP contribution in [0.1, 0.15) is 52.4 Å². The molecule has 23 heavy (non-hydrogen) atoms. The van der Waals surface area contributed by atoms with Crippen LogP contribution in [0.3, 0.4) is 0 Å². The second kappa shape index (κ2) is 9.22. The van der Waals surface area contributed by atoms with Crippen LogP contribution in [0.4, 0.5) is 0 Å². The van der Waals surface area contributed by atoms with Crippen LogP contribution in [0.25, 0.3) is 0 Å². The standard InChI is InChI=1S/C15H28N2O5S/c1-3-5-6-7-14(18)17(12-15(19)20)13-8-10-16(11-9-13)23(21,22)4-2/h13H,3-12H2,1-2H3,(H,19,20). The predicted octanol–water partition coefficient (Wildman–Crippen LogP) is 1.29. The number of carboxylic acid groups (broad SMARTS) is 1. The van der Waals surface area contributed by atoms with Crippen molar-refractivity contribution in [3.63, 3.8) is 0 Å². The summed E-state index contributed by atoms with van der Waals surface area (Å²) in [6.07, 6.45) is 4.04. The van der Waals surface area contributed by atoms with Gasteiger partial charge in [0.15, 0.2) is 0 Å². The Bertz CT molecular complexity index is 498. The Labute approximate surface area is 138 Å². The molecule has 1 fully saturated rings. The molecule has 1 amide bonds. The zero-order valence-corrected chi connectivity index (χ0v) is 14.8. The van der Waals surface area contributed by atoms with Gasteiger partial charge in [-0.15, -0.1) is 0 Å². The maximum Gasteiger partial charge on any atom is 0.323 e. The number of rotatable bonds is 9. The molecular formula is C15H28N2O5S. The van der Waals surface area contributed by atoms with E-state index < -0.39 is 16.0 Å². The molecule has 0 saturated carbocycles. The summed E-state index contributed by atoms with van der Waals surface area (Å²) in [5.74, 6) is -1.11. The SMILES string of the molecule is CCCCCC(=O)N(CC(=O)O)C1CCN(S(=O)(=O)CC)CC1. The summed E-state index contributed by atoms with van der Waals surface area (Å²) in [4.78, 5) is 24.8. The number of nitrogens with zero attached hydrogens (tertiary/aromatic N) is 2. The number of hydrogen-bond acceptors (Lipinski definition) is 4. The van der Waals surface area contributed by atoms with Crippen LogP contribution >= 0.6 is 0 Å². The molecule has 0 unspecified atom stereocenters. The molecule has 1 heterocycles. The lowest BCUT2D eigenvalue weighted by molar-refractivity contribution is -0.146. The Morgan fingerprint density at radius 1 is 1.17 bits per heavy atom. The van der Waals surface area contributed by atoms with Crippen LogP contribution < -0.4 is 0 Å². The fourth-order valence-electron chi connectivity index (χ4n) is 2.85. The van der Waals surface area contributed by atoms with Crippen molar-refractivity contribution in [2.75, 3.05) is 25.4 Å². The van der Waals surface area contributed by atoms with Crippen LogP contribution in [0.15, 0.2) is 0 Å². The third-order valence-corrected chi connectivity index (χ3v) is 6.12. The number of aliphatic carboxylic acids is 1. The number of hydrogen-bond donors (Lipinski definition) is 1. The lowest BCUT2D eigenvalue weighted by Gasteiger charge is -2.37.